The number of amides is 1. The summed E-state index contributed by atoms with van der Waals surface area (Å²) >= 11 is 5.88. The molecule has 116 valence electrons. The molecule has 4 atom stereocenters. The number of aliphatic hydroxyl groups excluding tert-OH is 1. The van der Waals surface area contributed by atoms with E-state index in [0.29, 0.717) is 18.0 Å². The number of rotatable bonds is 5. The standard InChI is InChI=1S/C15H21ClN2O3/c1-9(18-15(20)13-7-12(19)8-17-13)14(21-2)10-3-5-11(16)6-4-10/h3-6,9,12-14,17,19H,7-8H2,1-2H3,(H,18,20). The zero-order chi connectivity index (χ0) is 15.4. The number of hydrogen-bond acceptors (Lipinski definition) is 4. The third kappa shape index (κ3) is 4.17. The highest BCUT2D eigenvalue weighted by atomic mass is 35.5. The molecule has 0 aromatic heterocycles. The van der Waals surface area contributed by atoms with Gasteiger partial charge in [0.15, 0.2) is 0 Å². The molecular weight excluding hydrogens is 292 g/mol. The number of carbonyl (C=O) groups excluding carboxylic acids is 1. The van der Waals surface area contributed by atoms with E-state index in [1.165, 1.54) is 0 Å². The van der Waals surface area contributed by atoms with Gasteiger partial charge in [-0.2, -0.15) is 0 Å². The molecule has 21 heavy (non-hydrogen) atoms. The quantitative estimate of drug-likeness (QED) is 0.765. The molecule has 0 aliphatic carbocycles. The maximum absolute atomic E-state index is 12.1. The van der Waals surface area contributed by atoms with E-state index in [-0.39, 0.29) is 24.1 Å². The van der Waals surface area contributed by atoms with Gasteiger partial charge >= 0.3 is 0 Å². The number of carbonyl (C=O) groups is 1. The number of hydrogen-bond donors (Lipinski definition) is 3. The molecule has 2 rings (SSSR count). The van der Waals surface area contributed by atoms with Crippen LogP contribution in [-0.4, -0.2) is 42.9 Å². The van der Waals surface area contributed by atoms with Gasteiger partial charge in [0.05, 0.1) is 18.2 Å². The van der Waals surface area contributed by atoms with Crippen molar-refractivity contribution in [3.63, 3.8) is 0 Å². The van der Waals surface area contributed by atoms with Crippen LogP contribution in [-0.2, 0) is 9.53 Å². The van der Waals surface area contributed by atoms with Gasteiger partial charge in [0.25, 0.3) is 0 Å². The molecule has 3 N–H and O–H groups in total. The van der Waals surface area contributed by atoms with Crippen molar-refractivity contribution in [3.05, 3.63) is 34.9 Å². The zero-order valence-electron chi connectivity index (χ0n) is 12.2. The average molecular weight is 313 g/mol. The Bertz CT molecular complexity index is 480. The number of ether oxygens (including phenoxy) is 1. The summed E-state index contributed by atoms with van der Waals surface area (Å²) in [6, 6.07) is 6.83. The minimum atomic E-state index is -0.453. The Morgan fingerprint density at radius 3 is 2.67 bits per heavy atom. The molecule has 0 saturated carbocycles. The first-order valence-corrected chi connectivity index (χ1v) is 7.39. The lowest BCUT2D eigenvalue weighted by atomic mass is 10.0. The van der Waals surface area contributed by atoms with Crippen molar-refractivity contribution in [2.45, 2.75) is 37.6 Å². The fraction of sp³-hybridized carbons (Fsp3) is 0.533. The van der Waals surface area contributed by atoms with Gasteiger partial charge in [0, 0.05) is 18.7 Å². The Kier molecular flexibility index (Phi) is 5.58. The molecule has 0 spiro atoms. The summed E-state index contributed by atoms with van der Waals surface area (Å²) in [5.74, 6) is -0.116. The molecule has 4 unspecified atom stereocenters. The number of aliphatic hydroxyl groups is 1. The van der Waals surface area contributed by atoms with Crippen LogP contribution in [0, 0.1) is 0 Å². The first kappa shape index (κ1) is 16.2. The molecule has 6 heteroatoms. The van der Waals surface area contributed by atoms with Gasteiger partial charge in [-0.05, 0) is 31.0 Å². The Labute approximate surface area is 129 Å². The van der Waals surface area contributed by atoms with Crippen LogP contribution < -0.4 is 10.6 Å². The molecular formula is C15H21ClN2O3. The summed E-state index contributed by atoms with van der Waals surface area (Å²) in [5, 5.41) is 16.1. The molecule has 5 nitrogen and oxygen atoms in total. The van der Waals surface area contributed by atoms with Crippen LogP contribution in [0.1, 0.15) is 25.0 Å². The molecule has 1 aromatic rings. The van der Waals surface area contributed by atoms with Crippen LogP contribution in [0.25, 0.3) is 0 Å². The van der Waals surface area contributed by atoms with Crippen LogP contribution in [0.2, 0.25) is 5.02 Å². The lowest BCUT2D eigenvalue weighted by Crippen LogP contribution is -2.46. The summed E-state index contributed by atoms with van der Waals surface area (Å²) < 4.78 is 5.50. The number of β-amino-alcohol motifs (C(OH)–C–C–N with tert-alkyl or cyclic N) is 1. The van der Waals surface area contributed by atoms with E-state index in [0.717, 1.165) is 5.56 Å². The van der Waals surface area contributed by atoms with Crippen LogP contribution in [0.5, 0.6) is 0 Å². The van der Waals surface area contributed by atoms with Crippen LogP contribution >= 0.6 is 11.6 Å². The summed E-state index contributed by atoms with van der Waals surface area (Å²) in [4.78, 5) is 12.1. The van der Waals surface area contributed by atoms with Gasteiger partial charge in [-0.25, -0.2) is 0 Å². The van der Waals surface area contributed by atoms with Crippen molar-refractivity contribution in [3.8, 4) is 0 Å². The maximum atomic E-state index is 12.1. The lowest BCUT2D eigenvalue weighted by molar-refractivity contribution is -0.124. The van der Waals surface area contributed by atoms with E-state index in [1.54, 1.807) is 19.2 Å². The first-order valence-electron chi connectivity index (χ1n) is 7.01. The Hall–Kier alpha value is -1.14. The highest BCUT2D eigenvalue weighted by molar-refractivity contribution is 6.30. The normalized spacial score (nSPS) is 24.6. The molecule has 0 radical (unpaired) electrons. The third-order valence-corrected chi connectivity index (χ3v) is 3.95. The smallest absolute Gasteiger partial charge is 0.237 e. The van der Waals surface area contributed by atoms with Gasteiger partial charge in [0.1, 0.15) is 6.10 Å². The lowest BCUT2D eigenvalue weighted by Gasteiger charge is -2.25. The van der Waals surface area contributed by atoms with Crippen molar-refractivity contribution >= 4 is 17.5 Å². The highest BCUT2D eigenvalue weighted by Crippen LogP contribution is 2.22. The molecule has 1 aromatic carbocycles. The average Bonchev–Trinajstić information content (AvgIpc) is 2.88. The van der Waals surface area contributed by atoms with Gasteiger partial charge in [0.2, 0.25) is 5.91 Å². The molecule has 1 aliphatic heterocycles. The second-order valence-electron chi connectivity index (χ2n) is 5.36. The van der Waals surface area contributed by atoms with Crippen LogP contribution in [0.15, 0.2) is 24.3 Å². The number of benzene rings is 1. The minimum Gasteiger partial charge on any atom is -0.392 e. The van der Waals surface area contributed by atoms with Gasteiger partial charge in [-0.15, -0.1) is 0 Å². The first-order chi connectivity index (χ1) is 10.0. The monoisotopic (exact) mass is 312 g/mol. The van der Waals surface area contributed by atoms with Gasteiger partial charge in [-0.3, -0.25) is 4.79 Å². The van der Waals surface area contributed by atoms with Crippen molar-refractivity contribution in [1.29, 1.82) is 0 Å². The Morgan fingerprint density at radius 2 is 2.14 bits per heavy atom. The molecule has 1 amide bonds. The predicted molar refractivity (Wildman–Crippen MR) is 81.2 cm³/mol. The summed E-state index contributed by atoms with van der Waals surface area (Å²) in [7, 11) is 1.61. The molecule has 0 bridgehead atoms. The van der Waals surface area contributed by atoms with Crippen molar-refractivity contribution in [2.75, 3.05) is 13.7 Å². The summed E-state index contributed by atoms with van der Waals surface area (Å²) in [6.45, 7) is 2.35. The van der Waals surface area contributed by atoms with Crippen molar-refractivity contribution in [1.82, 2.24) is 10.6 Å². The molecule has 1 saturated heterocycles. The zero-order valence-corrected chi connectivity index (χ0v) is 12.9. The number of halogens is 1. The van der Waals surface area contributed by atoms with Crippen LogP contribution in [0.4, 0.5) is 0 Å². The minimum absolute atomic E-state index is 0.116. The predicted octanol–water partition coefficient (Wildman–Crippen LogP) is 1.25. The van der Waals surface area contributed by atoms with Gasteiger partial charge < -0.3 is 20.5 Å². The summed E-state index contributed by atoms with van der Waals surface area (Å²) in [6.07, 6.45) is -0.264. The van der Waals surface area contributed by atoms with E-state index in [4.69, 9.17) is 16.3 Å². The topological polar surface area (TPSA) is 70.6 Å². The van der Waals surface area contributed by atoms with Gasteiger partial charge in [-0.1, -0.05) is 23.7 Å². The largest absolute Gasteiger partial charge is 0.392 e. The SMILES string of the molecule is COC(c1ccc(Cl)cc1)C(C)NC(=O)C1CC(O)CN1. The van der Waals surface area contributed by atoms with E-state index in [1.807, 2.05) is 19.1 Å². The Balaban J connectivity index is 1.98. The second kappa shape index (κ2) is 7.22. The van der Waals surface area contributed by atoms with E-state index in [2.05, 4.69) is 10.6 Å². The maximum Gasteiger partial charge on any atom is 0.237 e. The third-order valence-electron chi connectivity index (χ3n) is 3.70. The second-order valence-corrected chi connectivity index (χ2v) is 5.79. The summed E-state index contributed by atoms with van der Waals surface area (Å²) in [5.41, 5.74) is 0.953. The Morgan fingerprint density at radius 1 is 1.48 bits per heavy atom. The van der Waals surface area contributed by atoms with E-state index >= 15 is 0 Å². The number of methoxy groups -OCH3 is 1. The molecule has 1 fully saturated rings. The van der Waals surface area contributed by atoms with Crippen LogP contribution in [0.3, 0.4) is 0 Å². The molecule has 1 heterocycles. The molecule has 1 aliphatic rings. The highest BCUT2D eigenvalue weighted by Gasteiger charge is 2.30. The fourth-order valence-electron chi connectivity index (χ4n) is 2.60. The number of nitrogens with one attached hydrogen (secondary N) is 2. The fourth-order valence-corrected chi connectivity index (χ4v) is 2.72. The van der Waals surface area contributed by atoms with E-state index < -0.39 is 6.10 Å². The van der Waals surface area contributed by atoms with Crippen molar-refractivity contribution in [2.24, 2.45) is 0 Å². The van der Waals surface area contributed by atoms with E-state index in [9.17, 15) is 9.90 Å². The van der Waals surface area contributed by atoms with Crippen molar-refractivity contribution < 1.29 is 14.6 Å².